The van der Waals surface area contributed by atoms with Crippen LogP contribution in [0, 0.1) is 11.6 Å². The molecule has 102 valence electrons. The first-order valence-electron chi connectivity index (χ1n) is 6.38. The van der Waals surface area contributed by atoms with Crippen LogP contribution in [0.3, 0.4) is 0 Å². The molecule has 0 bridgehead atoms. The van der Waals surface area contributed by atoms with Crippen LogP contribution < -0.4 is 5.32 Å². The first-order valence-corrected chi connectivity index (χ1v) is 6.38. The summed E-state index contributed by atoms with van der Waals surface area (Å²) in [5.41, 5.74) is 0.667. The van der Waals surface area contributed by atoms with E-state index in [0.717, 1.165) is 32.0 Å². The second-order valence-electron chi connectivity index (χ2n) is 4.64. The van der Waals surface area contributed by atoms with E-state index in [1.165, 1.54) is 12.1 Å². The monoisotopic (exact) mass is 256 g/mol. The number of halogens is 2. The Labute approximate surface area is 108 Å². The van der Waals surface area contributed by atoms with Gasteiger partial charge in [-0.15, -0.1) is 0 Å². The van der Waals surface area contributed by atoms with Gasteiger partial charge in [-0.25, -0.2) is 8.78 Å². The fraction of sp³-hybridized carbons (Fsp3) is 0.571. The summed E-state index contributed by atoms with van der Waals surface area (Å²) in [6.07, 6.45) is 1.94. The van der Waals surface area contributed by atoms with E-state index in [1.54, 1.807) is 0 Å². The molecule has 0 heterocycles. The Hall–Kier alpha value is -1.00. The predicted molar refractivity (Wildman–Crippen MR) is 70.6 cm³/mol. The van der Waals surface area contributed by atoms with E-state index in [4.69, 9.17) is 0 Å². The zero-order chi connectivity index (χ0) is 13.5. The third-order valence-electron chi connectivity index (χ3n) is 3.04. The molecule has 0 aliphatic rings. The third-order valence-corrected chi connectivity index (χ3v) is 3.04. The lowest BCUT2D eigenvalue weighted by Gasteiger charge is -2.21. The lowest BCUT2D eigenvalue weighted by molar-refractivity contribution is 0.311. The van der Waals surface area contributed by atoms with E-state index in [9.17, 15) is 8.78 Å². The second-order valence-corrected chi connectivity index (χ2v) is 4.64. The highest BCUT2D eigenvalue weighted by atomic mass is 19.1. The number of benzene rings is 1. The first kappa shape index (κ1) is 15.1. The second kappa shape index (κ2) is 7.44. The molecule has 4 heteroatoms. The van der Waals surface area contributed by atoms with Gasteiger partial charge in [0.05, 0.1) is 0 Å². The van der Waals surface area contributed by atoms with Crippen molar-refractivity contribution in [3.8, 4) is 0 Å². The topological polar surface area (TPSA) is 15.3 Å². The van der Waals surface area contributed by atoms with Gasteiger partial charge in [-0.2, -0.15) is 0 Å². The molecular weight excluding hydrogens is 234 g/mol. The average molecular weight is 256 g/mol. The fourth-order valence-corrected chi connectivity index (χ4v) is 2.10. The zero-order valence-corrected chi connectivity index (χ0v) is 11.3. The molecule has 0 saturated heterocycles. The summed E-state index contributed by atoms with van der Waals surface area (Å²) in [6, 6.07) is 3.67. The number of hydrogen-bond acceptors (Lipinski definition) is 2. The summed E-state index contributed by atoms with van der Waals surface area (Å²) in [5, 5.41) is 3.11. The van der Waals surface area contributed by atoms with Crippen LogP contribution in [0.25, 0.3) is 0 Å². The zero-order valence-electron chi connectivity index (χ0n) is 11.3. The molecule has 1 N–H and O–H groups in total. The summed E-state index contributed by atoms with van der Waals surface area (Å²) in [4.78, 5) is 2.22. The molecule has 0 saturated carbocycles. The predicted octanol–water partition coefficient (Wildman–Crippen LogP) is 2.96. The Morgan fingerprint density at radius 1 is 1.17 bits per heavy atom. The minimum absolute atomic E-state index is 0.0190. The molecular formula is C14H22F2N2. The maximum atomic E-state index is 13.2. The Balaban J connectivity index is 2.65. The summed E-state index contributed by atoms with van der Waals surface area (Å²) < 4.78 is 26.3. The molecule has 1 atom stereocenters. The molecule has 1 unspecified atom stereocenters. The number of nitrogens with zero attached hydrogens (tertiary/aromatic N) is 1. The van der Waals surface area contributed by atoms with Gasteiger partial charge in [0, 0.05) is 12.1 Å². The molecule has 18 heavy (non-hydrogen) atoms. The van der Waals surface area contributed by atoms with Gasteiger partial charge in [0.25, 0.3) is 0 Å². The van der Waals surface area contributed by atoms with Crippen LogP contribution in [0.5, 0.6) is 0 Å². The van der Waals surface area contributed by atoms with Crippen molar-refractivity contribution in [2.24, 2.45) is 0 Å². The van der Waals surface area contributed by atoms with Crippen molar-refractivity contribution in [1.29, 1.82) is 0 Å². The van der Waals surface area contributed by atoms with Crippen LogP contribution in [0.1, 0.15) is 31.4 Å². The molecule has 0 fully saturated rings. The van der Waals surface area contributed by atoms with Gasteiger partial charge in [0.1, 0.15) is 11.6 Å². The Morgan fingerprint density at radius 2 is 1.78 bits per heavy atom. The highest BCUT2D eigenvalue weighted by molar-refractivity contribution is 5.21. The Morgan fingerprint density at radius 3 is 2.28 bits per heavy atom. The third kappa shape index (κ3) is 4.70. The molecule has 2 nitrogen and oxygen atoms in total. The van der Waals surface area contributed by atoms with Crippen molar-refractivity contribution in [3.05, 3.63) is 35.4 Å². The molecule has 0 radical (unpaired) electrons. The van der Waals surface area contributed by atoms with Gasteiger partial charge in [0.15, 0.2) is 0 Å². The number of hydrogen-bond donors (Lipinski definition) is 1. The van der Waals surface area contributed by atoms with Crippen molar-refractivity contribution < 1.29 is 8.78 Å². The molecule has 1 rings (SSSR count). The maximum absolute atomic E-state index is 13.2. The quantitative estimate of drug-likeness (QED) is 0.807. The summed E-state index contributed by atoms with van der Waals surface area (Å²) in [5.74, 6) is -1.04. The van der Waals surface area contributed by atoms with E-state index >= 15 is 0 Å². The fourth-order valence-electron chi connectivity index (χ4n) is 2.10. The van der Waals surface area contributed by atoms with Crippen molar-refractivity contribution in [3.63, 3.8) is 0 Å². The van der Waals surface area contributed by atoms with Crippen molar-refractivity contribution in [2.75, 3.05) is 27.2 Å². The molecule has 0 aliphatic heterocycles. The highest BCUT2D eigenvalue weighted by Crippen LogP contribution is 2.19. The summed E-state index contributed by atoms with van der Waals surface area (Å²) in [7, 11) is 3.87. The lowest BCUT2D eigenvalue weighted by Crippen LogP contribution is -2.26. The normalized spacial score (nSPS) is 13.0. The molecule has 1 aromatic rings. The van der Waals surface area contributed by atoms with Crippen molar-refractivity contribution in [2.45, 2.75) is 25.8 Å². The van der Waals surface area contributed by atoms with Crippen molar-refractivity contribution >= 4 is 0 Å². The first-order chi connectivity index (χ1) is 8.56. The van der Waals surface area contributed by atoms with Gasteiger partial charge in [-0.05, 0) is 57.7 Å². The number of nitrogens with one attached hydrogen (secondary N) is 1. The van der Waals surface area contributed by atoms with Crippen LogP contribution >= 0.6 is 0 Å². The molecule has 1 aromatic carbocycles. The lowest BCUT2D eigenvalue weighted by atomic mass is 10.0. The Kier molecular flexibility index (Phi) is 6.22. The number of rotatable bonds is 7. The Bertz CT molecular complexity index is 349. The maximum Gasteiger partial charge on any atom is 0.126 e. The SMILES string of the molecule is CCCN(C)CCC(NC)c1cc(F)cc(F)c1. The summed E-state index contributed by atoms with van der Waals surface area (Å²) in [6.45, 7) is 4.07. The van der Waals surface area contributed by atoms with Gasteiger partial charge < -0.3 is 10.2 Å². The van der Waals surface area contributed by atoms with E-state index in [2.05, 4.69) is 24.2 Å². The van der Waals surface area contributed by atoms with Crippen molar-refractivity contribution in [1.82, 2.24) is 10.2 Å². The average Bonchev–Trinajstić information content (AvgIpc) is 2.29. The highest BCUT2D eigenvalue weighted by Gasteiger charge is 2.12. The van der Waals surface area contributed by atoms with Crippen LogP contribution in [0.2, 0.25) is 0 Å². The van der Waals surface area contributed by atoms with Crippen LogP contribution in [0.4, 0.5) is 8.78 Å². The standard InChI is InChI=1S/C14H22F2N2/c1-4-6-18(3)7-5-14(17-2)11-8-12(15)10-13(16)9-11/h8-10,14,17H,4-7H2,1-3H3. The van der Waals surface area contributed by atoms with E-state index in [0.29, 0.717) is 5.56 Å². The summed E-state index contributed by atoms with van der Waals surface area (Å²) >= 11 is 0. The van der Waals surface area contributed by atoms with Gasteiger partial charge in [0.2, 0.25) is 0 Å². The molecule has 0 aliphatic carbocycles. The van der Waals surface area contributed by atoms with E-state index in [-0.39, 0.29) is 6.04 Å². The molecule has 0 aromatic heterocycles. The van der Waals surface area contributed by atoms with Crippen LogP contribution in [-0.2, 0) is 0 Å². The van der Waals surface area contributed by atoms with E-state index < -0.39 is 11.6 Å². The minimum atomic E-state index is -0.521. The van der Waals surface area contributed by atoms with Crippen LogP contribution in [-0.4, -0.2) is 32.1 Å². The van der Waals surface area contributed by atoms with Crippen LogP contribution in [0.15, 0.2) is 18.2 Å². The smallest absolute Gasteiger partial charge is 0.126 e. The van der Waals surface area contributed by atoms with E-state index in [1.807, 2.05) is 7.05 Å². The van der Waals surface area contributed by atoms with Gasteiger partial charge in [-0.1, -0.05) is 6.92 Å². The van der Waals surface area contributed by atoms with Gasteiger partial charge in [-0.3, -0.25) is 0 Å². The van der Waals surface area contributed by atoms with Gasteiger partial charge >= 0.3 is 0 Å². The molecule has 0 spiro atoms. The molecule has 0 amide bonds. The largest absolute Gasteiger partial charge is 0.313 e. The minimum Gasteiger partial charge on any atom is -0.313 e.